The fraction of sp³-hybridized carbons (Fsp3) is 0.818. The van der Waals surface area contributed by atoms with Crippen molar-refractivity contribution in [2.45, 2.75) is 58.5 Å². The summed E-state index contributed by atoms with van der Waals surface area (Å²) in [4.78, 5) is 0. The maximum absolute atomic E-state index is 5.87. The van der Waals surface area contributed by atoms with Crippen molar-refractivity contribution in [3.63, 3.8) is 0 Å². The molecule has 1 rings (SSSR count). The Labute approximate surface area is 95.2 Å². The lowest BCUT2D eigenvalue weighted by Crippen LogP contribution is -2.41. The van der Waals surface area contributed by atoms with E-state index < -0.39 is 8.07 Å². The van der Waals surface area contributed by atoms with E-state index in [0.29, 0.717) is 0 Å². The van der Waals surface area contributed by atoms with Gasteiger partial charge in [0.1, 0.15) is 0 Å². The van der Waals surface area contributed by atoms with Crippen LogP contribution in [0.15, 0.2) is 11.7 Å². The lowest BCUT2D eigenvalue weighted by Gasteiger charge is -2.32. The first kappa shape index (κ1) is 13.0. The van der Waals surface area contributed by atoms with Crippen LogP contribution in [-0.2, 0) is 9.31 Å². The van der Waals surface area contributed by atoms with Crippen molar-refractivity contribution >= 4 is 15.2 Å². The maximum Gasteiger partial charge on any atom is 0.486 e. The summed E-state index contributed by atoms with van der Waals surface area (Å²) in [7, 11) is -1.34. The summed E-state index contributed by atoms with van der Waals surface area (Å²) >= 11 is 0. The standard InChI is InChI=1S/C11H23BO2Si/c1-10(2)11(3,4)14-12(13-10)8-9-15(5,6)7/h8-9H,1-7H3/b9-8-. The predicted molar refractivity (Wildman–Crippen MR) is 68.6 cm³/mol. The van der Waals surface area contributed by atoms with E-state index in [1.807, 2.05) is 0 Å². The van der Waals surface area contributed by atoms with Crippen LogP contribution in [-0.4, -0.2) is 26.4 Å². The number of hydrogen-bond acceptors (Lipinski definition) is 2. The molecule has 0 N–H and O–H groups in total. The van der Waals surface area contributed by atoms with Crippen LogP contribution in [0, 0.1) is 0 Å². The first-order chi connectivity index (χ1) is 6.54. The second-order valence-corrected chi connectivity index (χ2v) is 11.4. The molecule has 0 amide bonds. The smallest absolute Gasteiger partial charge is 0.400 e. The van der Waals surface area contributed by atoms with Gasteiger partial charge in [-0.05, 0) is 27.7 Å². The van der Waals surface area contributed by atoms with Crippen molar-refractivity contribution in [3.8, 4) is 0 Å². The minimum absolute atomic E-state index is 0.179. The monoisotopic (exact) mass is 226 g/mol. The molecule has 0 aromatic heterocycles. The van der Waals surface area contributed by atoms with Crippen molar-refractivity contribution in [1.82, 2.24) is 0 Å². The van der Waals surface area contributed by atoms with Gasteiger partial charge in [-0.3, -0.25) is 0 Å². The third-order valence-electron chi connectivity index (χ3n) is 3.02. The summed E-state index contributed by atoms with van der Waals surface area (Å²) in [5.41, 5.74) is 1.83. The molecule has 0 atom stereocenters. The van der Waals surface area contributed by atoms with Gasteiger partial charge in [0.25, 0.3) is 0 Å². The highest BCUT2D eigenvalue weighted by Gasteiger charge is 2.50. The fourth-order valence-corrected chi connectivity index (χ4v) is 2.07. The van der Waals surface area contributed by atoms with Crippen LogP contribution in [0.1, 0.15) is 27.7 Å². The molecule has 1 fully saturated rings. The largest absolute Gasteiger partial charge is 0.486 e. The van der Waals surface area contributed by atoms with Crippen LogP contribution in [0.4, 0.5) is 0 Å². The van der Waals surface area contributed by atoms with E-state index in [2.05, 4.69) is 59.0 Å². The average molecular weight is 226 g/mol. The van der Waals surface area contributed by atoms with E-state index in [4.69, 9.17) is 9.31 Å². The molecule has 0 unspecified atom stereocenters. The van der Waals surface area contributed by atoms with Crippen LogP contribution in [0.25, 0.3) is 0 Å². The minimum Gasteiger partial charge on any atom is -0.400 e. The molecular formula is C11H23BO2Si. The topological polar surface area (TPSA) is 18.5 Å². The molecule has 2 nitrogen and oxygen atoms in total. The van der Waals surface area contributed by atoms with Crippen molar-refractivity contribution in [1.29, 1.82) is 0 Å². The van der Waals surface area contributed by atoms with E-state index >= 15 is 0 Å². The van der Waals surface area contributed by atoms with E-state index in [0.717, 1.165) is 0 Å². The van der Waals surface area contributed by atoms with Gasteiger partial charge >= 0.3 is 7.12 Å². The number of hydrogen-bond donors (Lipinski definition) is 0. The Hall–Kier alpha value is -0.0582. The van der Waals surface area contributed by atoms with Gasteiger partial charge in [-0.25, -0.2) is 0 Å². The molecule has 86 valence electrons. The summed E-state index contributed by atoms with van der Waals surface area (Å²) in [6.45, 7) is 15.2. The predicted octanol–water partition coefficient (Wildman–Crippen LogP) is 3.05. The van der Waals surface area contributed by atoms with Crippen molar-refractivity contribution < 1.29 is 9.31 Å². The molecule has 0 saturated carbocycles. The van der Waals surface area contributed by atoms with Gasteiger partial charge in [-0.1, -0.05) is 25.6 Å². The maximum atomic E-state index is 5.87. The third-order valence-corrected chi connectivity index (χ3v) is 4.22. The normalized spacial score (nSPS) is 25.1. The molecule has 0 radical (unpaired) electrons. The van der Waals surface area contributed by atoms with Gasteiger partial charge in [0.05, 0.1) is 19.3 Å². The second kappa shape index (κ2) is 3.75. The van der Waals surface area contributed by atoms with Crippen LogP contribution in [0.5, 0.6) is 0 Å². The highest BCUT2D eigenvalue weighted by atomic mass is 28.3. The lowest BCUT2D eigenvalue weighted by molar-refractivity contribution is 0.00578. The SMILES string of the molecule is CC1(C)OB(/C=C\[Si](C)(C)C)OC1(C)C. The second-order valence-electron chi connectivity index (χ2n) is 6.35. The van der Waals surface area contributed by atoms with E-state index in [1.54, 1.807) is 0 Å². The van der Waals surface area contributed by atoms with E-state index in [-0.39, 0.29) is 18.3 Å². The molecule has 0 spiro atoms. The Morgan fingerprint density at radius 1 is 0.933 bits per heavy atom. The summed E-state index contributed by atoms with van der Waals surface area (Å²) < 4.78 is 11.7. The van der Waals surface area contributed by atoms with E-state index in [1.165, 1.54) is 0 Å². The summed E-state index contributed by atoms with van der Waals surface area (Å²) in [5.74, 6) is 2.07. The molecule has 0 aromatic carbocycles. The first-order valence-electron chi connectivity index (χ1n) is 5.58. The van der Waals surface area contributed by atoms with Crippen molar-refractivity contribution in [2.75, 3.05) is 0 Å². The zero-order valence-electron chi connectivity index (χ0n) is 11.0. The van der Waals surface area contributed by atoms with Gasteiger partial charge in [0, 0.05) is 0 Å². The number of rotatable bonds is 2. The van der Waals surface area contributed by atoms with Gasteiger partial charge in [0.15, 0.2) is 0 Å². The fourth-order valence-electron chi connectivity index (χ4n) is 1.33. The molecule has 0 aromatic rings. The molecule has 15 heavy (non-hydrogen) atoms. The van der Waals surface area contributed by atoms with Crippen LogP contribution >= 0.6 is 0 Å². The molecule has 0 aliphatic carbocycles. The Bertz CT molecular complexity index is 250. The molecule has 1 heterocycles. The zero-order valence-corrected chi connectivity index (χ0v) is 12.0. The van der Waals surface area contributed by atoms with Gasteiger partial charge < -0.3 is 9.31 Å². The van der Waals surface area contributed by atoms with E-state index in [9.17, 15) is 0 Å². The molecule has 1 aliphatic rings. The molecule has 0 bridgehead atoms. The van der Waals surface area contributed by atoms with Crippen molar-refractivity contribution in [2.24, 2.45) is 0 Å². The molecule has 1 aliphatic heterocycles. The van der Waals surface area contributed by atoms with Crippen LogP contribution in [0.3, 0.4) is 0 Å². The molecule has 4 heteroatoms. The van der Waals surface area contributed by atoms with Crippen molar-refractivity contribution in [3.05, 3.63) is 11.7 Å². The minimum atomic E-state index is -1.16. The summed E-state index contributed by atoms with van der Waals surface area (Å²) in [6.07, 6.45) is 0. The van der Waals surface area contributed by atoms with Crippen LogP contribution in [0.2, 0.25) is 19.6 Å². The molecular weight excluding hydrogens is 203 g/mol. The highest BCUT2D eigenvalue weighted by molar-refractivity contribution is 6.81. The summed E-state index contributed by atoms with van der Waals surface area (Å²) in [6, 6.07) is 0. The van der Waals surface area contributed by atoms with Crippen LogP contribution < -0.4 is 0 Å². The average Bonchev–Trinajstić information content (AvgIpc) is 2.16. The summed E-state index contributed by atoms with van der Waals surface area (Å²) in [5, 5.41) is 0. The lowest BCUT2D eigenvalue weighted by atomic mass is 9.90. The Morgan fingerprint density at radius 3 is 1.67 bits per heavy atom. The highest BCUT2D eigenvalue weighted by Crippen LogP contribution is 2.36. The van der Waals surface area contributed by atoms with Gasteiger partial charge in [0.2, 0.25) is 0 Å². The third kappa shape index (κ3) is 3.20. The quantitative estimate of drug-likeness (QED) is 0.674. The zero-order chi connectivity index (χ0) is 11.9. The first-order valence-corrected chi connectivity index (χ1v) is 9.16. The Kier molecular flexibility index (Phi) is 3.26. The Balaban J connectivity index is 2.68. The van der Waals surface area contributed by atoms with Gasteiger partial charge in [-0.15, -0.1) is 5.70 Å². The molecule has 1 saturated heterocycles. The Morgan fingerprint density at radius 2 is 1.33 bits per heavy atom. The van der Waals surface area contributed by atoms with Gasteiger partial charge in [-0.2, -0.15) is 0 Å².